The summed E-state index contributed by atoms with van der Waals surface area (Å²) in [5.74, 6) is 7.93. The number of nitrogens with zero attached hydrogens (tertiary/aromatic N) is 2. The number of carbonyl (C=O) groups excluding carboxylic acids is 6. The fraction of sp³-hybridized carbons (Fsp3) is 0.667. The van der Waals surface area contributed by atoms with E-state index in [1.54, 1.807) is 70.6 Å². The summed E-state index contributed by atoms with van der Waals surface area (Å²) >= 11 is 10.1. The summed E-state index contributed by atoms with van der Waals surface area (Å²) in [6.45, 7) is 24.6. The van der Waals surface area contributed by atoms with Gasteiger partial charge in [0.15, 0.2) is 17.3 Å². The topological polar surface area (TPSA) is 192 Å². The maximum absolute atomic E-state index is 13.4. The van der Waals surface area contributed by atoms with Gasteiger partial charge in [0.25, 0.3) is 0 Å². The molecule has 0 spiro atoms. The first-order chi connectivity index (χ1) is 46.3. The number of carbonyl (C=O) groups is 6. The summed E-state index contributed by atoms with van der Waals surface area (Å²) in [7, 11) is -0.402. The molecule has 24 heteroatoms. The molecule has 538 valence electrons. The normalized spacial score (nSPS) is 15.7. The summed E-state index contributed by atoms with van der Waals surface area (Å²) < 4.78 is 51.3. The number of morpholine rings is 2. The van der Waals surface area contributed by atoms with Crippen molar-refractivity contribution in [1.29, 1.82) is 0 Å². The van der Waals surface area contributed by atoms with Crippen molar-refractivity contribution in [3.8, 4) is 0 Å². The Balaban J connectivity index is 0.829. The third-order valence-electron chi connectivity index (χ3n) is 17.4. The van der Waals surface area contributed by atoms with E-state index in [-0.39, 0.29) is 79.1 Å². The number of Topliss-reactive ketones (excluding diaryl/α,β-unsaturated/α-hetero) is 3. The number of hydrogen-bond acceptors (Lipinski definition) is 23. The Kier molecular flexibility index (Phi) is 38.7. The standard InChI is InChI=1S/C72H108N2O15S7/c1-8-72(54-87-63(75)24-46-90-43-9-31-81-38-49-93-60-18-12-57(13-19-60)66(78)69(2,3)73-27-34-84-35-28-73,55-88-64(76)25-47-91-44-10-32-82-39-50-94-61-20-14-58(15-21-61)67(79)70(4,5)74-29-36-85-37-30-74)56-89-65(77)26-48-92-45-11-33-83-40-51-95-62-22-16-59(17-23-62)68(80)71(6,7)96-52-41-86-42-53-96/h12-23,96H,8-11,24-56H2,1-7H3. The smallest absolute Gasteiger partial charge is 0.306 e. The van der Waals surface area contributed by atoms with Gasteiger partial charge in [0.05, 0.1) is 100.0 Å². The zero-order valence-corrected chi connectivity index (χ0v) is 63.8. The predicted octanol–water partition coefficient (Wildman–Crippen LogP) is 12.6. The van der Waals surface area contributed by atoms with Crippen LogP contribution in [0.2, 0.25) is 0 Å². The highest BCUT2D eigenvalue weighted by Crippen LogP contribution is 2.44. The maximum atomic E-state index is 13.4. The van der Waals surface area contributed by atoms with Crippen LogP contribution in [0.15, 0.2) is 87.5 Å². The molecule has 3 aromatic carbocycles. The van der Waals surface area contributed by atoms with Crippen LogP contribution in [0, 0.1) is 5.41 Å². The van der Waals surface area contributed by atoms with Gasteiger partial charge >= 0.3 is 17.9 Å². The number of thiol groups is 1. The highest BCUT2D eigenvalue weighted by atomic mass is 32.2. The molecule has 0 aromatic heterocycles. The number of thioether (sulfide) groups is 6. The van der Waals surface area contributed by atoms with Crippen LogP contribution in [0.25, 0.3) is 0 Å². The average Bonchev–Trinajstić information content (AvgIpc) is 0.908. The average molecular weight is 1470 g/mol. The number of ketones is 3. The van der Waals surface area contributed by atoms with Crippen LogP contribution in [0.4, 0.5) is 0 Å². The Hall–Kier alpha value is -2.79. The fourth-order valence-electron chi connectivity index (χ4n) is 10.8. The monoisotopic (exact) mass is 1460 g/mol. The Labute approximate surface area is 601 Å². The Morgan fingerprint density at radius 3 is 1.05 bits per heavy atom. The molecule has 0 bridgehead atoms. The first-order valence-corrected chi connectivity index (χ1v) is 42.2. The molecule has 3 aromatic rings. The molecule has 0 N–H and O–H groups in total. The van der Waals surface area contributed by atoms with Crippen molar-refractivity contribution in [2.75, 3.05) is 189 Å². The second-order valence-electron chi connectivity index (χ2n) is 25.4. The van der Waals surface area contributed by atoms with Crippen LogP contribution in [0.3, 0.4) is 0 Å². The number of ether oxygens (including phenoxy) is 9. The Bertz CT molecular complexity index is 2470. The minimum Gasteiger partial charge on any atom is -0.465 e. The van der Waals surface area contributed by atoms with Crippen molar-refractivity contribution in [2.45, 2.75) is 124 Å². The summed E-state index contributed by atoms with van der Waals surface area (Å²) in [6, 6.07) is 23.6. The van der Waals surface area contributed by atoms with Gasteiger partial charge in [-0.3, -0.25) is 38.6 Å². The van der Waals surface area contributed by atoms with Crippen molar-refractivity contribution < 1.29 is 71.4 Å². The van der Waals surface area contributed by atoms with E-state index >= 15 is 0 Å². The van der Waals surface area contributed by atoms with Crippen molar-refractivity contribution in [1.82, 2.24) is 9.80 Å². The van der Waals surface area contributed by atoms with E-state index in [1.165, 1.54) is 0 Å². The molecular formula is C72H108N2O15S7. The lowest BCUT2D eigenvalue weighted by molar-refractivity contribution is -0.161. The molecule has 96 heavy (non-hydrogen) atoms. The van der Waals surface area contributed by atoms with Gasteiger partial charge in [0.1, 0.15) is 19.8 Å². The molecule has 6 rings (SSSR count). The summed E-state index contributed by atoms with van der Waals surface area (Å²) in [6.07, 6.45) is 3.61. The van der Waals surface area contributed by atoms with Crippen LogP contribution in [0.1, 0.15) is 124 Å². The van der Waals surface area contributed by atoms with Gasteiger partial charge in [0.2, 0.25) is 0 Å². The quantitative estimate of drug-likeness (QED) is 0.0140. The van der Waals surface area contributed by atoms with E-state index in [1.807, 2.05) is 107 Å². The lowest BCUT2D eigenvalue weighted by Gasteiger charge is -2.39. The van der Waals surface area contributed by atoms with Gasteiger partial charge in [-0.05, 0) is 132 Å². The predicted molar refractivity (Wildman–Crippen MR) is 399 cm³/mol. The first kappa shape index (κ1) is 82.2. The molecular weight excluding hydrogens is 1360 g/mol. The lowest BCUT2D eigenvalue weighted by atomic mass is 9.88. The highest BCUT2D eigenvalue weighted by molar-refractivity contribution is 8.18. The summed E-state index contributed by atoms with van der Waals surface area (Å²) in [4.78, 5) is 87.2. The van der Waals surface area contributed by atoms with E-state index in [4.69, 9.17) is 42.6 Å². The summed E-state index contributed by atoms with van der Waals surface area (Å²) in [5.41, 5.74) is 0.0993. The van der Waals surface area contributed by atoms with Crippen LogP contribution in [-0.4, -0.2) is 249 Å². The van der Waals surface area contributed by atoms with Gasteiger partial charge in [-0.25, -0.2) is 10.9 Å². The first-order valence-electron chi connectivity index (χ1n) is 34.1. The van der Waals surface area contributed by atoms with Crippen LogP contribution in [0.5, 0.6) is 0 Å². The molecule has 0 atom stereocenters. The van der Waals surface area contributed by atoms with Gasteiger partial charge in [-0.1, -0.05) is 43.3 Å². The molecule has 0 saturated carbocycles. The molecule has 0 unspecified atom stereocenters. The molecule has 17 nitrogen and oxygen atoms in total. The van der Waals surface area contributed by atoms with E-state index in [9.17, 15) is 28.8 Å². The van der Waals surface area contributed by atoms with Crippen LogP contribution >= 0.6 is 81.5 Å². The number of esters is 3. The zero-order valence-electron chi connectivity index (χ0n) is 58.0. The Morgan fingerprint density at radius 1 is 0.417 bits per heavy atom. The van der Waals surface area contributed by atoms with E-state index in [2.05, 4.69) is 23.6 Å². The van der Waals surface area contributed by atoms with E-state index < -0.39 is 27.4 Å². The second-order valence-corrected chi connectivity index (χ2v) is 35.7. The molecule has 0 aliphatic carbocycles. The van der Waals surface area contributed by atoms with Gasteiger partial charge in [-0.2, -0.15) is 35.3 Å². The van der Waals surface area contributed by atoms with E-state index in [0.29, 0.717) is 101 Å². The largest absolute Gasteiger partial charge is 0.465 e. The minimum absolute atomic E-state index is 0.0549. The number of benzene rings is 3. The van der Waals surface area contributed by atoms with Crippen molar-refractivity contribution in [2.24, 2.45) is 5.41 Å². The molecule has 3 heterocycles. The van der Waals surface area contributed by atoms with E-state index in [0.717, 1.165) is 125 Å². The molecule has 3 saturated heterocycles. The van der Waals surface area contributed by atoms with Gasteiger partial charge < -0.3 is 42.6 Å². The number of hydrogen-bond donors (Lipinski definition) is 1. The third kappa shape index (κ3) is 29.3. The second kappa shape index (κ2) is 45.2. The van der Waals surface area contributed by atoms with Crippen molar-refractivity contribution in [3.63, 3.8) is 0 Å². The van der Waals surface area contributed by atoms with Gasteiger partial charge in [-0.15, -0.1) is 35.3 Å². The van der Waals surface area contributed by atoms with Gasteiger partial charge in [0, 0.05) is 112 Å². The zero-order chi connectivity index (χ0) is 68.9. The maximum Gasteiger partial charge on any atom is 0.306 e. The molecule has 3 aliphatic heterocycles. The van der Waals surface area contributed by atoms with Crippen molar-refractivity contribution >= 4 is 117 Å². The molecule has 3 fully saturated rings. The van der Waals surface area contributed by atoms with Crippen LogP contribution in [-0.2, 0) is 57.0 Å². The fourth-order valence-corrected chi connectivity index (χ4v) is 18.1. The highest BCUT2D eigenvalue weighted by Gasteiger charge is 2.39. The molecule has 0 radical (unpaired) electrons. The number of rotatable bonds is 49. The molecule has 3 aliphatic rings. The summed E-state index contributed by atoms with van der Waals surface area (Å²) in [5, 5.41) is 0. The van der Waals surface area contributed by atoms with Crippen molar-refractivity contribution in [3.05, 3.63) is 89.5 Å². The third-order valence-corrected chi connectivity index (χ3v) is 26.7. The van der Waals surface area contributed by atoms with Crippen LogP contribution < -0.4 is 0 Å². The Morgan fingerprint density at radius 2 is 0.729 bits per heavy atom. The SMILES string of the molecule is CCC(COC(=O)CCSCCCOCCSc1ccc(C(=O)C(C)(C)N2CCOCC2)cc1)(COC(=O)CCSCCCOCCSc1ccc(C(=O)C(C)(C)N2CCOCC2)cc1)COC(=O)CCSCCCOCCSc1ccc(C(=O)C(C)(C)[SH]2CCOCC2)cc1. The molecule has 0 amide bonds. The minimum atomic E-state index is -0.911. The lowest BCUT2D eigenvalue weighted by Crippen LogP contribution is -2.54.